The minimum atomic E-state index is 0.196. The van der Waals surface area contributed by atoms with Crippen LogP contribution in [0.25, 0.3) is 0 Å². The molecular weight excluding hydrogens is 210 g/mol. The first-order valence-electron chi connectivity index (χ1n) is 6.07. The highest BCUT2D eigenvalue weighted by Gasteiger charge is 2.22. The number of benzene rings is 1. The first kappa shape index (κ1) is 11.7. The molecule has 0 bridgehead atoms. The van der Waals surface area contributed by atoms with Gasteiger partial charge in [0.15, 0.2) is 0 Å². The van der Waals surface area contributed by atoms with Crippen molar-refractivity contribution in [2.75, 3.05) is 13.1 Å². The molecule has 2 nitrogen and oxygen atoms in total. The Morgan fingerprint density at radius 3 is 2.76 bits per heavy atom. The number of terminal acetylenes is 1. The summed E-state index contributed by atoms with van der Waals surface area (Å²) in [6.45, 7) is 1.23. The predicted octanol–water partition coefficient (Wildman–Crippen LogP) is 2.42. The Morgan fingerprint density at radius 1 is 1.29 bits per heavy atom. The summed E-state index contributed by atoms with van der Waals surface area (Å²) in [4.78, 5) is 13.6. The fourth-order valence-electron chi connectivity index (χ4n) is 2.37. The van der Waals surface area contributed by atoms with E-state index < -0.39 is 0 Å². The van der Waals surface area contributed by atoms with Crippen LogP contribution in [0.2, 0.25) is 0 Å². The minimum Gasteiger partial charge on any atom is -0.332 e. The molecule has 1 heterocycles. The summed E-state index contributed by atoms with van der Waals surface area (Å²) >= 11 is 0. The van der Waals surface area contributed by atoms with Gasteiger partial charge >= 0.3 is 0 Å². The zero-order valence-electron chi connectivity index (χ0n) is 9.93. The molecule has 1 saturated heterocycles. The van der Waals surface area contributed by atoms with E-state index in [4.69, 9.17) is 6.42 Å². The Labute approximate surface area is 103 Å². The standard InChI is InChI=1S/C15H17NO/c1-2-11-16-12-10-14(8-9-15(16)17)13-6-4-3-5-7-13/h1,3-7,14H,8-12H2. The third-order valence-electron chi connectivity index (χ3n) is 3.36. The van der Waals surface area contributed by atoms with Gasteiger partial charge in [0.2, 0.25) is 5.91 Å². The molecule has 0 aromatic heterocycles. The third kappa shape index (κ3) is 2.88. The van der Waals surface area contributed by atoms with Crippen LogP contribution in [0.15, 0.2) is 30.3 Å². The van der Waals surface area contributed by atoms with Gasteiger partial charge in [-0.05, 0) is 24.3 Å². The number of nitrogens with zero attached hydrogens (tertiary/aromatic N) is 1. The summed E-state index contributed by atoms with van der Waals surface area (Å²) in [5, 5.41) is 0. The average molecular weight is 227 g/mol. The number of hydrogen-bond acceptors (Lipinski definition) is 1. The van der Waals surface area contributed by atoms with Gasteiger partial charge in [0.1, 0.15) is 0 Å². The van der Waals surface area contributed by atoms with E-state index in [-0.39, 0.29) is 5.91 Å². The van der Waals surface area contributed by atoms with Gasteiger partial charge in [-0.3, -0.25) is 4.79 Å². The molecule has 1 aliphatic heterocycles. The zero-order valence-corrected chi connectivity index (χ0v) is 9.93. The van der Waals surface area contributed by atoms with Crippen molar-refractivity contribution in [3.8, 4) is 12.3 Å². The van der Waals surface area contributed by atoms with Crippen LogP contribution < -0.4 is 0 Å². The summed E-state index contributed by atoms with van der Waals surface area (Å²) in [7, 11) is 0. The van der Waals surface area contributed by atoms with Crippen molar-refractivity contribution >= 4 is 5.91 Å². The van der Waals surface area contributed by atoms with E-state index in [1.807, 2.05) is 6.07 Å². The van der Waals surface area contributed by atoms with Gasteiger partial charge in [-0.25, -0.2) is 0 Å². The lowest BCUT2D eigenvalue weighted by molar-refractivity contribution is -0.130. The van der Waals surface area contributed by atoms with Crippen LogP contribution in [0.4, 0.5) is 0 Å². The highest BCUT2D eigenvalue weighted by molar-refractivity contribution is 5.76. The van der Waals surface area contributed by atoms with E-state index in [0.717, 1.165) is 19.4 Å². The molecule has 0 saturated carbocycles. The van der Waals surface area contributed by atoms with Crippen LogP contribution in [-0.4, -0.2) is 23.9 Å². The molecule has 1 unspecified atom stereocenters. The topological polar surface area (TPSA) is 20.3 Å². The largest absolute Gasteiger partial charge is 0.332 e. The van der Waals surface area contributed by atoms with Crippen molar-refractivity contribution in [3.63, 3.8) is 0 Å². The van der Waals surface area contributed by atoms with Crippen molar-refractivity contribution in [1.82, 2.24) is 4.90 Å². The first-order valence-corrected chi connectivity index (χ1v) is 6.07. The average Bonchev–Trinajstić information content (AvgIpc) is 2.55. The lowest BCUT2D eigenvalue weighted by Gasteiger charge is -2.17. The predicted molar refractivity (Wildman–Crippen MR) is 68.4 cm³/mol. The third-order valence-corrected chi connectivity index (χ3v) is 3.36. The van der Waals surface area contributed by atoms with E-state index in [1.54, 1.807) is 4.90 Å². The van der Waals surface area contributed by atoms with E-state index in [1.165, 1.54) is 5.56 Å². The van der Waals surface area contributed by atoms with E-state index in [9.17, 15) is 4.79 Å². The normalized spacial score (nSPS) is 20.8. The summed E-state index contributed by atoms with van der Waals surface area (Å²) in [5.74, 6) is 3.24. The monoisotopic (exact) mass is 227 g/mol. The molecule has 1 aromatic carbocycles. The van der Waals surface area contributed by atoms with Crippen molar-refractivity contribution in [2.24, 2.45) is 0 Å². The van der Waals surface area contributed by atoms with Gasteiger partial charge in [-0.15, -0.1) is 6.42 Å². The molecule has 0 spiro atoms. The summed E-state index contributed by atoms with van der Waals surface area (Å²) < 4.78 is 0. The van der Waals surface area contributed by atoms with Crippen LogP contribution >= 0.6 is 0 Å². The number of amides is 1. The summed E-state index contributed by atoms with van der Waals surface area (Å²) in [6.07, 6.45) is 7.83. The second-order valence-electron chi connectivity index (χ2n) is 4.45. The molecule has 2 rings (SSSR count). The maximum atomic E-state index is 11.8. The molecule has 1 aromatic rings. The quantitative estimate of drug-likeness (QED) is 0.710. The second-order valence-corrected chi connectivity index (χ2v) is 4.45. The van der Waals surface area contributed by atoms with E-state index in [0.29, 0.717) is 18.9 Å². The molecule has 1 aliphatic rings. The molecule has 17 heavy (non-hydrogen) atoms. The van der Waals surface area contributed by atoms with Gasteiger partial charge in [0, 0.05) is 13.0 Å². The van der Waals surface area contributed by atoms with Crippen molar-refractivity contribution < 1.29 is 4.79 Å². The van der Waals surface area contributed by atoms with Crippen molar-refractivity contribution in [2.45, 2.75) is 25.2 Å². The van der Waals surface area contributed by atoms with E-state index in [2.05, 4.69) is 30.2 Å². The zero-order chi connectivity index (χ0) is 12.1. The second kappa shape index (κ2) is 5.54. The number of carbonyl (C=O) groups excluding carboxylic acids is 1. The molecule has 1 atom stereocenters. The van der Waals surface area contributed by atoms with Gasteiger partial charge in [-0.2, -0.15) is 0 Å². The van der Waals surface area contributed by atoms with Crippen LogP contribution in [0.1, 0.15) is 30.7 Å². The lowest BCUT2D eigenvalue weighted by atomic mass is 9.92. The molecule has 1 fully saturated rings. The number of carbonyl (C=O) groups is 1. The Balaban J connectivity index is 2.05. The minimum absolute atomic E-state index is 0.196. The molecule has 1 amide bonds. The summed E-state index contributed by atoms with van der Waals surface area (Å²) in [5.41, 5.74) is 1.34. The van der Waals surface area contributed by atoms with Gasteiger partial charge < -0.3 is 4.90 Å². The smallest absolute Gasteiger partial charge is 0.223 e. The highest BCUT2D eigenvalue weighted by Crippen LogP contribution is 2.28. The van der Waals surface area contributed by atoms with Crippen LogP contribution in [-0.2, 0) is 4.79 Å². The Hall–Kier alpha value is -1.75. The van der Waals surface area contributed by atoms with Crippen molar-refractivity contribution in [1.29, 1.82) is 0 Å². The number of rotatable bonds is 2. The Bertz CT molecular complexity index is 418. The van der Waals surface area contributed by atoms with Gasteiger partial charge in [-0.1, -0.05) is 36.3 Å². The molecule has 2 heteroatoms. The lowest BCUT2D eigenvalue weighted by Crippen LogP contribution is -2.30. The molecule has 0 radical (unpaired) electrons. The fourth-order valence-corrected chi connectivity index (χ4v) is 2.37. The van der Waals surface area contributed by atoms with Crippen LogP contribution in [0, 0.1) is 12.3 Å². The highest BCUT2D eigenvalue weighted by atomic mass is 16.2. The van der Waals surface area contributed by atoms with Gasteiger partial charge in [0.05, 0.1) is 6.54 Å². The Kier molecular flexibility index (Phi) is 3.82. The molecule has 0 aliphatic carbocycles. The summed E-state index contributed by atoms with van der Waals surface area (Å²) in [6, 6.07) is 10.4. The SMILES string of the molecule is C#CCN1CCC(c2ccccc2)CCC1=O. The van der Waals surface area contributed by atoms with Gasteiger partial charge in [0.25, 0.3) is 0 Å². The fraction of sp³-hybridized carbons (Fsp3) is 0.400. The van der Waals surface area contributed by atoms with Crippen LogP contribution in [0.3, 0.4) is 0 Å². The number of hydrogen-bond donors (Lipinski definition) is 0. The first-order chi connectivity index (χ1) is 8.31. The number of likely N-dealkylation sites (tertiary alicyclic amines) is 1. The maximum Gasteiger partial charge on any atom is 0.223 e. The van der Waals surface area contributed by atoms with Crippen molar-refractivity contribution in [3.05, 3.63) is 35.9 Å². The molecule has 88 valence electrons. The molecule has 0 N–H and O–H groups in total. The molecular formula is C15H17NO. The van der Waals surface area contributed by atoms with E-state index >= 15 is 0 Å². The maximum absolute atomic E-state index is 11.8. The Morgan fingerprint density at radius 2 is 2.06 bits per heavy atom. The van der Waals surface area contributed by atoms with Crippen LogP contribution in [0.5, 0.6) is 0 Å².